The van der Waals surface area contributed by atoms with Crippen LogP contribution in [0.5, 0.6) is 5.75 Å². The number of ether oxygens (including phenoxy) is 1. The topological polar surface area (TPSA) is 12.5 Å². The van der Waals surface area contributed by atoms with Gasteiger partial charge in [0.15, 0.2) is 0 Å². The number of hydrogen-bond donors (Lipinski definition) is 0. The highest BCUT2D eigenvalue weighted by molar-refractivity contribution is 7.80. The van der Waals surface area contributed by atoms with E-state index in [1.165, 1.54) is 0 Å². The molecule has 0 amide bonds. The maximum absolute atomic E-state index is 5.46. The summed E-state index contributed by atoms with van der Waals surface area (Å²) in [5, 5.41) is 0.481. The van der Waals surface area contributed by atoms with Gasteiger partial charge in [-0.1, -0.05) is 18.2 Å². The normalized spacial score (nSPS) is 9.46. The van der Waals surface area contributed by atoms with E-state index in [4.69, 9.17) is 17.0 Å². The molecule has 0 radical (unpaired) electrons. The maximum atomic E-state index is 5.46. The molecule has 0 bridgehead atoms. The average molecular weight is 195 g/mol. The van der Waals surface area contributed by atoms with Crippen LogP contribution in [0.1, 0.15) is 5.56 Å². The lowest BCUT2D eigenvalue weighted by Gasteiger charge is -2.15. The van der Waals surface area contributed by atoms with Crippen LogP contribution in [0.4, 0.5) is 0 Å². The van der Waals surface area contributed by atoms with Crippen LogP contribution in [0.2, 0.25) is 0 Å². The maximum Gasteiger partial charge on any atom is 0.264 e. The lowest BCUT2D eigenvalue weighted by Crippen LogP contribution is -2.25. The number of hydrogen-bond acceptors (Lipinski definition) is 2. The summed E-state index contributed by atoms with van der Waals surface area (Å²) in [6, 6.07) is 7.81. The van der Waals surface area contributed by atoms with Gasteiger partial charge in [0.2, 0.25) is 0 Å². The van der Waals surface area contributed by atoms with Crippen LogP contribution < -0.4 is 4.74 Å². The van der Waals surface area contributed by atoms with Gasteiger partial charge >= 0.3 is 0 Å². The molecule has 0 heterocycles. The van der Waals surface area contributed by atoms with Crippen LogP contribution >= 0.6 is 12.2 Å². The molecule has 0 spiro atoms. The van der Waals surface area contributed by atoms with Crippen LogP contribution in [0, 0.1) is 6.92 Å². The van der Waals surface area contributed by atoms with Crippen molar-refractivity contribution >= 4 is 17.4 Å². The van der Waals surface area contributed by atoms with E-state index in [1.54, 1.807) is 4.90 Å². The van der Waals surface area contributed by atoms with Gasteiger partial charge in [0.1, 0.15) is 5.75 Å². The number of nitrogens with zero attached hydrogens (tertiary/aromatic N) is 1. The Kier molecular flexibility index (Phi) is 3.25. The molecule has 3 heteroatoms. The van der Waals surface area contributed by atoms with Gasteiger partial charge in [0.05, 0.1) is 0 Å². The second-order valence-corrected chi connectivity index (χ2v) is 3.38. The van der Waals surface area contributed by atoms with Crippen LogP contribution in [0.25, 0.3) is 0 Å². The van der Waals surface area contributed by atoms with E-state index >= 15 is 0 Å². The molecular formula is C10H13NOS. The van der Waals surface area contributed by atoms with Crippen LogP contribution in [-0.2, 0) is 0 Å². The fraction of sp³-hybridized carbons (Fsp3) is 0.300. The first-order valence-corrected chi connectivity index (χ1v) is 4.47. The molecule has 0 fully saturated rings. The van der Waals surface area contributed by atoms with Crippen molar-refractivity contribution in [3.05, 3.63) is 29.8 Å². The quantitative estimate of drug-likeness (QED) is 0.638. The minimum Gasteiger partial charge on any atom is -0.432 e. The Morgan fingerprint density at radius 2 is 1.92 bits per heavy atom. The van der Waals surface area contributed by atoms with Crippen molar-refractivity contribution in [3.63, 3.8) is 0 Å². The summed E-state index contributed by atoms with van der Waals surface area (Å²) in [4.78, 5) is 1.77. The highest BCUT2D eigenvalue weighted by Crippen LogP contribution is 2.16. The zero-order chi connectivity index (χ0) is 9.84. The van der Waals surface area contributed by atoms with Crippen molar-refractivity contribution in [2.75, 3.05) is 14.1 Å². The first-order valence-electron chi connectivity index (χ1n) is 4.06. The molecule has 0 aromatic heterocycles. The summed E-state index contributed by atoms with van der Waals surface area (Å²) in [6.45, 7) is 1.99. The Morgan fingerprint density at radius 3 is 2.46 bits per heavy atom. The van der Waals surface area contributed by atoms with E-state index in [-0.39, 0.29) is 0 Å². The SMILES string of the molecule is Cc1ccccc1OC(=S)N(C)C. The molecule has 0 atom stereocenters. The molecule has 0 saturated carbocycles. The smallest absolute Gasteiger partial charge is 0.264 e. The van der Waals surface area contributed by atoms with Crippen molar-refractivity contribution in [1.29, 1.82) is 0 Å². The molecular weight excluding hydrogens is 182 g/mol. The summed E-state index contributed by atoms with van der Waals surface area (Å²) in [7, 11) is 3.72. The highest BCUT2D eigenvalue weighted by Gasteiger charge is 2.03. The van der Waals surface area contributed by atoms with Crippen LogP contribution in [0.3, 0.4) is 0 Å². The summed E-state index contributed by atoms with van der Waals surface area (Å²) in [5.41, 5.74) is 1.09. The van der Waals surface area contributed by atoms with Crippen LogP contribution in [0.15, 0.2) is 24.3 Å². The minimum absolute atomic E-state index is 0.481. The number of aryl methyl sites for hydroxylation is 1. The zero-order valence-corrected chi connectivity index (χ0v) is 8.89. The van der Waals surface area contributed by atoms with E-state index < -0.39 is 0 Å². The van der Waals surface area contributed by atoms with Crippen molar-refractivity contribution in [2.45, 2.75) is 6.92 Å². The van der Waals surface area contributed by atoms with Crippen LogP contribution in [-0.4, -0.2) is 24.2 Å². The first kappa shape index (κ1) is 9.99. The van der Waals surface area contributed by atoms with Crippen molar-refractivity contribution in [3.8, 4) is 5.75 Å². The Hall–Kier alpha value is -1.09. The van der Waals surface area contributed by atoms with Gasteiger partial charge in [-0.2, -0.15) is 0 Å². The van der Waals surface area contributed by atoms with E-state index in [9.17, 15) is 0 Å². The zero-order valence-electron chi connectivity index (χ0n) is 8.07. The van der Waals surface area contributed by atoms with Gasteiger partial charge in [-0.3, -0.25) is 0 Å². The standard InChI is InChI=1S/C10H13NOS/c1-8-6-4-5-7-9(8)12-10(13)11(2)3/h4-7H,1-3H3. The molecule has 0 unspecified atom stereocenters. The second-order valence-electron chi connectivity index (χ2n) is 3.03. The fourth-order valence-corrected chi connectivity index (χ4v) is 0.946. The molecule has 0 aliphatic rings. The predicted octanol–water partition coefficient (Wildman–Crippen LogP) is 2.22. The monoisotopic (exact) mass is 195 g/mol. The van der Waals surface area contributed by atoms with Crippen molar-refractivity contribution in [2.24, 2.45) is 0 Å². The molecule has 0 aliphatic heterocycles. The largest absolute Gasteiger partial charge is 0.432 e. The number of rotatable bonds is 1. The van der Waals surface area contributed by atoms with Gasteiger partial charge < -0.3 is 9.64 Å². The van der Waals surface area contributed by atoms with E-state index in [2.05, 4.69) is 0 Å². The first-order chi connectivity index (χ1) is 6.11. The summed E-state index contributed by atoms with van der Waals surface area (Å²) in [5.74, 6) is 0.821. The molecule has 70 valence electrons. The molecule has 0 saturated heterocycles. The molecule has 1 rings (SSSR count). The van der Waals surface area contributed by atoms with E-state index in [0.717, 1.165) is 11.3 Å². The number of benzene rings is 1. The lowest BCUT2D eigenvalue weighted by atomic mass is 10.2. The molecule has 1 aromatic rings. The Balaban J connectivity index is 2.75. The van der Waals surface area contributed by atoms with E-state index in [0.29, 0.717) is 5.17 Å². The summed E-state index contributed by atoms with van der Waals surface area (Å²) >= 11 is 5.02. The fourth-order valence-electron chi connectivity index (χ4n) is 0.856. The third-order valence-corrected chi connectivity index (χ3v) is 2.10. The van der Waals surface area contributed by atoms with Gasteiger partial charge in [-0.15, -0.1) is 0 Å². The van der Waals surface area contributed by atoms with Crippen molar-refractivity contribution < 1.29 is 4.74 Å². The summed E-state index contributed by atoms with van der Waals surface area (Å²) < 4.78 is 5.46. The third-order valence-electron chi connectivity index (χ3n) is 1.66. The Bertz CT molecular complexity index is 310. The summed E-state index contributed by atoms with van der Waals surface area (Å²) in [6.07, 6.45) is 0. The van der Waals surface area contributed by atoms with Gasteiger partial charge in [-0.25, -0.2) is 0 Å². The molecule has 0 aliphatic carbocycles. The Morgan fingerprint density at radius 1 is 1.31 bits per heavy atom. The minimum atomic E-state index is 0.481. The van der Waals surface area contributed by atoms with Gasteiger partial charge in [0.25, 0.3) is 5.17 Å². The van der Waals surface area contributed by atoms with Gasteiger partial charge in [0, 0.05) is 14.1 Å². The molecule has 0 N–H and O–H groups in total. The van der Waals surface area contributed by atoms with Crippen molar-refractivity contribution in [1.82, 2.24) is 4.90 Å². The molecule has 2 nitrogen and oxygen atoms in total. The second kappa shape index (κ2) is 4.23. The predicted molar refractivity (Wildman–Crippen MR) is 58.1 cm³/mol. The number of thiocarbonyl (C=S) groups is 1. The highest BCUT2D eigenvalue weighted by atomic mass is 32.1. The Labute approximate surface area is 84.1 Å². The average Bonchev–Trinajstić information content (AvgIpc) is 2.08. The number of para-hydroxylation sites is 1. The molecule has 13 heavy (non-hydrogen) atoms. The van der Waals surface area contributed by atoms with Gasteiger partial charge in [-0.05, 0) is 30.8 Å². The van der Waals surface area contributed by atoms with E-state index in [1.807, 2.05) is 45.3 Å². The lowest BCUT2D eigenvalue weighted by molar-refractivity contribution is 0.447. The third kappa shape index (κ3) is 2.70. The molecule has 1 aromatic carbocycles.